The normalized spacial score (nSPS) is 14.0. The third kappa shape index (κ3) is 2.42. The molecule has 0 aliphatic heterocycles. The van der Waals surface area contributed by atoms with Gasteiger partial charge in [-0.05, 0) is 43.4 Å². The summed E-state index contributed by atoms with van der Waals surface area (Å²) in [5, 5.41) is 4.57. The summed E-state index contributed by atoms with van der Waals surface area (Å²) in [6, 6.07) is 7.81. The molecule has 1 aliphatic carbocycles. The number of rotatable bonds is 3. The fourth-order valence-corrected chi connectivity index (χ4v) is 3.35. The summed E-state index contributed by atoms with van der Waals surface area (Å²) < 4.78 is 8.75. The summed E-state index contributed by atoms with van der Waals surface area (Å²) in [5.74, 6) is 0.804. The Morgan fingerprint density at radius 1 is 1.22 bits per heavy atom. The van der Waals surface area contributed by atoms with Crippen molar-refractivity contribution in [1.82, 2.24) is 14.2 Å². The minimum Gasteiger partial charge on any atom is -0.497 e. The van der Waals surface area contributed by atoms with Gasteiger partial charge in [-0.2, -0.15) is 5.10 Å². The number of aryl methyl sites for hydroxylation is 2. The van der Waals surface area contributed by atoms with E-state index in [1.54, 1.807) is 16.2 Å². The van der Waals surface area contributed by atoms with E-state index in [9.17, 15) is 4.79 Å². The van der Waals surface area contributed by atoms with E-state index in [0.717, 1.165) is 53.8 Å². The standard InChI is InChI=1S/C18H19N3O2/c1-23-14-6-4-5-13(11-14)12-20-9-10-21-17(18(20)22)15-7-2-3-8-16(15)19-21/h4-6,9-11H,2-3,7-8,12H2,1H3. The Labute approximate surface area is 134 Å². The van der Waals surface area contributed by atoms with Crippen LogP contribution < -0.4 is 10.3 Å². The molecule has 0 atom stereocenters. The average Bonchev–Trinajstić information content (AvgIpc) is 2.97. The molecular weight excluding hydrogens is 290 g/mol. The van der Waals surface area contributed by atoms with E-state index in [4.69, 9.17) is 4.74 Å². The van der Waals surface area contributed by atoms with Crippen LogP contribution >= 0.6 is 0 Å². The van der Waals surface area contributed by atoms with Gasteiger partial charge in [-0.1, -0.05) is 12.1 Å². The van der Waals surface area contributed by atoms with Crippen LogP contribution in [0.4, 0.5) is 0 Å². The van der Waals surface area contributed by atoms with Gasteiger partial charge < -0.3 is 9.30 Å². The van der Waals surface area contributed by atoms with Gasteiger partial charge in [0.2, 0.25) is 0 Å². The molecule has 5 heteroatoms. The first kappa shape index (κ1) is 14.1. The second-order valence-corrected chi connectivity index (χ2v) is 6.01. The van der Waals surface area contributed by atoms with Crippen LogP contribution in [0.2, 0.25) is 0 Å². The van der Waals surface area contributed by atoms with Crippen LogP contribution in [0, 0.1) is 0 Å². The zero-order chi connectivity index (χ0) is 15.8. The third-order valence-electron chi connectivity index (χ3n) is 4.52. The van der Waals surface area contributed by atoms with Crippen LogP contribution in [0.25, 0.3) is 5.52 Å². The van der Waals surface area contributed by atoms with Crippen molar-refractivity contribution in [2.75, 3.05) is 7.11 Å². The zero-order valence-corrected chi connectivity index (χ0v) is 13.2. The number of nitrogens with zero attached hydrogens (tertiary/aromatic N) is 3. The van der Waals surface area contributed by atoms with Gasteiger partial charge in [0.15, 0.2) is 0 Å². The van der Waals surface area contributed by atoms with Gasteiger partial charge in [0.05, 0.1) is 19.3 Å². The molecule has 23 heavy (non-hydrogen) atoms. The molecule has 0 amide bonds. The van der Waals surface area contributed by atoms with Gasteiger partial charge in [0, 0.05) is 18.0 Å². The fraction of sp³-hybridized carbons (Fsp3) is 0.333. The van der Waals surface area contributed by atoms with Crippen molar-refractivity contribution < 1.29 is 4.74 Å². The molecule has 0 bridgehead atoms. The molecule has 2 heterocycles. The smallest absolute Gasteiger partial charge is 0.277 e. The first-order valence-electron chi connectivity index (χ1n) is 7.99. The highest BCUT2D eigenvalue weighted by Crippen LogP contribution is 2.22. The molecular formula is C18H19N3O2. The highest BCUT2D eigenvalue weighted by Gasteiger charge is 2.19. The van der Waals surface area contributed by atoms with Crippen molar-refractivity contribution >= 4 is 5.52 Å². The molecule has 0 fully saturated rings. The Morgan fingerprint density at radius 3 is 2.96 bits per heavy atom. The first-order chi connectivity index (χ1) is 11.3. The summed E-state index contributed by atoms with van der Waals surface area (Å²) in [5.41, 5.74) is 4.05. The maximum atomic E-state index is 12.9. The van der Waals surface area contributed by atoms with Crippen LogP contribution in [0.5, 0.6) is 5.75 Å². The van der Waals surface area contributed by atoms with Crippen molar-refractivity contribution in [2.45, 2.75) is 32.2 Å². The SMILES string of the molecule is COc1cccc(Cn2ccn3nc4c(c3c2=O)CCCC4)c1. The molecule has 0 unspecified atom stereocenters. The number of ether oxygens (including phenoxy) is 1. The number of aromatic nitrogens is 3. The number of fused-ring (bicyclic) bond motifs is 3. The first-order valence-corrected chi connectivity index (χ1v) is 7.99. The molecule has 0 N–H and O–H groups in total. The lowest BCUT2D eigenvalue weighted by atomic mass is 9.97. The largest absolute Gasteiger partial charge is 0.497 e. The molecule has 2 aromatic heterocycles. The molecule has 1 aliphatic rings. The lowest BCUT2D eigenvalue weighted by molar-refractivity contribution is 0.414. The minimum absolute atomic E-state index is 0.0333. The molecule has 3 aromatic rings. The van der Waals surface area contributed by atoms with Crippen molar-refractivity contribution in [3.63, 3.8) is 0 Å². The molecule has 0 saturated heterocycles. The number of methoxy groups -OCH3 is 1. The maximum absolute atomic E-state index is 12.9. The lowest BCUT2D eigenvalue weighted by Crippen LogP contribution is -2.22. The van der Waals surface area contributed by atoms with E-state index < -0.39 is 0 Å². The van der Waals surface area contributed by atoms with Crippen LogP contribution in [-0.4, -0.2) is 21.3 Å². The van der Waals surface area contributed by atoms with Crippen LogP contribution in [0.3, 0.4) is 0 Å². The van der Waals surface area contributed by atoms with Crippen LogP contribution in [-0.2, 0) is 19.4 Å². The highest BCUT2D eigenvalue weighted by atomic mass is 16.5. The van der Waals surface area contributed by atoms with Crippen molar-refractivity contribution in [3.05, 3.63) is 63.8 Å². The predicted molar refractivity (Wildman–Crippen MR) is 88.2 cm³/mol. The Kier molecular flexibility index (Phi) is 3.41. The lowest BCUT2D eigenvalue weighted by Gasteiger charge is -2.10. The summed E-state index contributed by atoms with van der Waals surface area (Å²) in [4.78, 5) is 12.9. The van der Waals surface area contributed by atoms with E-state index in [0.29, 0.717) is 6.54 Å². The average molecular weight is 309 g/mol. The highest BCUT2D eigenvalue weighted by molar-refractivity contribution is 5.56. The molecule has 0 radical (unpaired) electrons. The van der Waals surface area contributed by atoms with Gasteiger partial charge in [-0.3, -0.25) is 4.79 Å². The van der Waals surface area contributed by atoms with Gasteiger partial charge in [-0.25, -0.2) is 4.52 Å². The Morgan fingerprint density at radius 2 is 2.09 bits per heavy atom. The molecule has 5 nitrogen and oxygen atoms in total. The van der Waals surface area contributed by atoms with E-state index >= 15 is 0 Å². The Bertz CT molecular complexity index is 924. The minimum atomic E-state index is 0.0333. The molecule has 118 valence electrons. The van der Waals surface area contributed by atoms with Gasteiger partial charge >= 0.3 is 0 Å². The summed E-state index contributed by atoms with van der Waals surface area (Å²) >= 11 is 0. The topological polar surface area (TPSA) is 48.5 Å². The summed E-state index contributed by atoms with van der Waals surface area (Å²) in [6.45, 7) is 0.534. The monoisotopic (exact) mass is 309 g/mol. The maximum Gasteiger partial charge on any atom is 0.277 e. The second-order valence-electron chi connectivity index (χ2n) is 6.01. The van der Waals surface area contributed by atoms with Gasteiger partial charge in [0.1, 0.15) is 11.3 Å². The van der Waals surface area contributed by atoms with Gasteiger partial charge in [-0.15, -0.1) is 0 Å². The van der Waals surface area contributed by atoms with E-state index in [-0.39, 0.29) is 5.56 Å². The number of hydrogen-bond acceptors (Lipinski definition) is 3. The van der Waals surface area contributed by atoms with E-state index in [1.807, 2.05) is 36.7 Å². The summed E-state index contributed by atoms with van der Waals surface area (Å²) in [7, 11) is 1.65. The van der Waals surface area contributed by atoms with Crippen LogP contribution in [0.1, 0.15) is 29.7 Å². The number of hydrogen-bond donors (Lipinski definition) is 0. The fourth-order valence-electron chi connectivity index (χ4n) is 3.35. The quantitative estimate of drug-likeness (QED) is 0.746. The Hall–Kier alpha value is -2.56. The van der Waals surface area contributed by atoms with Crippen LogP contribution in [0.15, 0.2) is 41.5 Å². The zero-order valence-electron chi connectivity index (χ0n) is 13.2. The Balaban J connectivity index is 1.78. The van der Waals surface area contributed by atoms with Crippen molar-refractivity contribution in [3.8, 4) is 5.75 Å². The van der Waals surface area contributed by atoms with Crippen molar-refractivity contribution in [2.24, 2.45) is 0 Å². The molecule has 1 aromatic carbocycles. The van der Waals surface area contributed by atoms with E-state index in [2.05, 4.69) is 5.10 Å². The predicted octanol–water partition coefficient (Wildman–Crippen LogP) is 2.43. The van der Waals surface area contributed by atoms with Gasteiger partial charge in [0.25, 0.3) is 5.56 Å². The van der Waals surface area contributed by atoms with E-state index in [1.165, 1.54) is 0 Å². The molecule has 4 rings (SSSR count). The third-order valence-corrected chi connectivity index (χ3v) is 4.52. The summed E-state index contributed by atoms with van der Waals surface area (Å²) in [6.07, 6.45) is 7.93. The molecule has 0 spiro atoms. The van der Waals surface area contributed by atoms with Crippen molar-refractivity contribution in [1.29, 1.82) is 0 Å². The number of benzene rings is 1. The molecule has 0 saturated carbocycles. The second kappa shape index (κ2) is 5.57.